The van der Waals surface area contributed by atoms with Gasteiger partial charge in [0.1, 0.15) is 12.4 Å². The lowest BCUT2D eigenvalue weighted by molar-refractivity contribution is 0.145. The molecule has 0 spiro atoms. The van der Waals surface area contributed by atoms with Gasteiger partial charge >= 0.3 is 0 Å². The fraction of sp³-hybridized carbons (Fsp3) is 0.500. The van der Waals surface area contributed by atoms with E-state index in [2.05, 4.69) is 5.32 Å². The Labute approximate surface area is 115 Å². The summed E-state index contributed by atoms with van der Waals surface area (Å²) < 4.78 is 13.3. The van der Waals surface area contributed by atoms with E-state index < -0.39 is 12.7 Å². The zero-order valence-corrected chi connectivity index (χ0v) is 11.3. The number of aromatic hydroxyl groups is 1. The molecular weight excluding hydrogens is 278 g/mol. The van der Waals surface area contributed by atoms with Crippen LogP contribution in [0.4, 0.5) is 4.39 Å². The smallest absolute Gasteiger partial charge is 0.123 e. The number of piperazine rings is 1. The molecule has 1 heterocycles. The van der Waals surface area contributed by atoms with Crippen LogP contribution in [-0.2, 0) is 0 Å². The lowest BCUT2D eigenvalue weighted by Crippen LogP contribution is -2.45. The van der Waals surface area contributed by atoms with Gasteiger partial charge in [-0.05, 0) is 12.1 Å². The fourth-order valence-corrected chi connectivity index (χ4v) is 2.86. The highest BCUT2D eigenvalue weighted by molar-refractivity contribution is 6.35. The molecule has 18 heavy (non-hydrogen) atoms. The van der Waals surface area contributed by atoms with E-state index in [1.54, 1.807) is 0 Å². The molecular formula is C12H15Cl2FN2O. The SMILES string of the molecule is Oc1cc(Cl)cc(Cl)c1[C@H](CF)N1CCNCC1. The Bertz CT molecular complexity index is 402. The summed E-state index contributed by atoms with van der Waals surface area (Å²) in [5.74, 6) is -0.0475. The molecule has 0 unspecified atom stereocenters. The van der Waals surface area contributed by atoms with Gasteiger partial charge in [0, 0.05) is 36.8 Å². The third kappa shape index (κ3) is 2.88. The van der Waals surface area contributed by atoms with Gasteiger partial charge < -0.3 is 10.4 Å². The highest BCUT2D eigenvalue weighted by atomic mass is 35.5. The maximum absolute atomic E-state index is 13.3. The minimum atomic E-state index is -0.588. The average Bonchev–Trinajstić information content (AvgIpc) is 2.34. The van der Waals surface area contributed by atoms with Crippen molar-refractivity contribution >= 4 is 23.2 Å². The molecule has 1 aromatic carbocycles. The summed E-state index contributed by atoms with van der Waals surface area (Å²) in [6.07, 6.45) is 0. The number of nitrogens with one attached hydrogen (secondary N) is 1. The number of phenols is 1. The molecule has 1 atom stereocenters. The number of phenolic OH excluding ortho intramolecular Hbond substituents is 1. The number of hydrogen-bond acceptors (Lipinski definition) is 3. The van der Waals surface area contributed by atoms with Crippen LogP contribution in [-0.4, -0.2) is 42.9 Å². The van der Waals surface area contributed by atoms with E-state index in [1.807, 2.05) is 4.90 Å². The summed E-state index contributed by atoms with van der Waals surface area (Å²) in [7, 11) is 0. The second kappa shape index (κ2) is 6.06. The molecule has 3 nitrogen and oxygen atoms in total. The monoisotopic (exact) mass is 292 g/mol. The van der Waals surface area contributed by atoms with Crippen LogP contribution in [0.25, 0.3) is 0 Å². The molecule has 0 bridgehead atoms. The third-order valence-corrected chi connectivity index (χ3v) is 3.68. The number of rotatable bonds is 3. The number of nitrogens with zero attached hydrogens (tertiary/aromatic N) is 1. The Hall–Kier alpha value is -0.550. The molecule has 1 fully saturated rings. The highest BCUT2D eigenvalue weighted by Gasteiger charge is 2.26. The van der Waals surface area contributed by atoms with Gasteiger partial charge in [-0.1, -0.05) is 23.2 Å². The van der Waals surface area contributed by atoms with E-state index in [-0.39, 0.29) is 5.75 Å². The van der Waals surface area contributed by atoms with Crippen LogP contribution in [0.3, 0.4) is 0 Å². The predicted octanol–water partition coefficient (Wildman–Crippen LogP) is 2.61. The molecule has 1 aliphatic heterocycles. The summed E-state index contributed by atoms with van der Waals surface area (Å²) in [5, 5.41) is 13.8. The molecule has 2 rings (SSSR count). The van der Waals surface area contributed by atoms with Crippen LogP contribution < -0.4 is 5.32 Å². The summed E-state index contributed by atoms with van der Waals surface area (Å²) in [4.78, 5) is 1.98. The first-order valence-electron chi connectivity index (χ1n) is 5.82. The van der Waals surface area contributed by atoms with Crippen LogP contribution in [0.1, 0.15) is 11.6 Å². The average molecular weight is 293 g/mol. The van der Waals surface area contributed by atoms with Gasteiger partial charge in [-0.15, -0.1) is 0 Å². The van der Waals surface area contributed by atoms with Crippen molar-refractivity contribution in [3.63, 3.8) is 0 Å². The zero-order chi connectivity index (χ0) is 13.1. The molecule has 1 aromatic rings. The molecule has 100 valence electrons. The second-order valence-corrected chi connectivity index (χ2v) is 5.12. The van der Waals surface area contributed by atoms with Crippen LogP contribution in [0.15, 0.2) is 12.1 Å². The number of hydrogen-bond donors (Lipinski definition) is 2. The van der Waals surface area contributed by atoms with Gasteiger partial charge in [0.2, 0.25) is 0 Å². The first-order chi connectivity index (χ1) is 8.63. The molecule has 6 heteroatoms. The van der Waals surface area contributed by atoms with E-state index in [4.69, 9.17) is 23.2 Å². The molecule has 0 saturated carbocycles. The van der Waals surface area contributed by atoms with Crippen molar-refractivity contribution in [2.45, 2.75) is 6.04 Å². The summed E-state index contributed by atoms with van der Waals surface area (Å²) >= 11 is 11.9. The number of benzene rings is 1. The lowest BCUT2D eigenvalue weighted by Gasteiger charge is -2.34. The quantitative estimate of drug-likeness (QED) is 0.899. The van der Waals surface area contributed by atoms with Crippen molar-refractivity contribution < 1.29 is 9.50 Å². The Balaban J connectivity index is 2.32. The van der Waals surface area contributed by atoms with Crippen LogP contribution >= 0.6 is 23.2 Å². The Kier molecular flexibility index (Phi) is 4.67. The normalized spacial score (nSPS) is 18.8. The zero-order valence-electron chi connectivity index (χ0n) is 9.80. The predicted molar refractivity (Wildman–Crippen MR) is 71.3 cm³/mol. The molecule has 1 saturated heterocycles. The molecule has 1 aliphatic rings. The maximum atomic E-state index is 13.3. The van der Waals surface area contributed by atoms with Gasteiger partial charge in [0.25, 0.3) is 0 Å². The van der Waals surface area contributed by atoms with Gasteiger partial charge in [-0.25, -0.2) is 4.39 Å². The minimum Gasteiger partial charge on any atom is -0.507 e. The highest BCUT2D eigenvalue weighted by Crippen LogP contribution is 2.37. The first-order valence-corrected chi connectivity index (χ1v) is 6.57. The van der Waals surface area contributed by atoms with Crippen molar-refractivity contribution in [1.29, 1.82) is 0 Å². The summed E-state index contributed by atoms with van der Waals surface area (Å²) in [5.41, 5.74) is 0.422. The largest absolute Gasteiger partial charge is 0.507 e. The standard InChI is InChI=1S/C12H15Cl2FN2O/c13-8-5-9(14)12(11(18)6-8)10(7-15)17-3-1-16-2-4-17/h5-6,10,16,18H,1-4,7H2/t10-/m0/s1. The summed E-state index contributed by atoms with van der Waals surface area (Å²) in [6, 6.07) is 2.41. The van der Waals surface area contributed by atoms with Crippen molar-refractivity contribution in [3.8, 4) is 5.75 Å². The Morgan fingerprint density at radius 1 is 1.33 bits per heavy atom. The van der Waals surface area contributed by atoms with Crippen LogP contribution in [0.2, 0.25) is 10.0 Å². The molecule has 0 aliphatic carbocycles. The maximum Gasteiger partial charge on any atom is 0.123 e. The minimum absolute atomic E-state index is 0.0475. The van der Waals surface area contributed by atoms with E-state index >= 15 is 0 Å². The molecule has 0 aromatic heterocycles. The first kappa shape index (κ1) is 13.9. The van der Waals surface area contributed by atoms with E-state index in [0.717, 1.165) is 26.2 Å². The van der Waals surface area contributed by atoms with Gasteiger partial charge in [-0.2, -0.15) is 0 Å². The van der Waals surface area contributed by atoms with Gasteiger partial charge in [0.05, 0.1) is 11.1 Å². The number of halogens is 3. The fourth-order valence-electron chi connectivity index (χ4n) is 2.25. The Morgan fingerprint density at radius 3 is 2.56 bits per heavy atom. The lowest BCUT2D eigenvalue weighted by atomic mass is 10.0. The Morgan fingerprint density at radius 2 is 2.00 bits per heavy atom. The van der Waals surface area contributed by atoms with Crippen molar-refractivity contribution in [2.24, 2.45) is 0 Å². The van der Waals surface area contributed by atoms with Crippen molar-refractivity contribution in [2.75, 3.05) is 32.9 Å². The van der Waals surface area contributed by atoms with Crippen LogP contribution in [0.5, 0.6) is 5.75 Å². The molecule has 0 amide bonds. The second-order valence-electron chi connectivity index (χ2n) is 4.28. The van der Waals surface area contributed by atoms with Crippen LogP contribution in [0, 0.1) is 0 Å². The summed E-state index contributed by atoms with van der Waals surface area (Å²) in [6.45, 7) is 2.49. The van der Waals surface area contributed by atoms with E-state index in [9.17, 15) is 9.50 Å². The van der Waals surface area contributed by atoms with Crippen molar-refractivity contribution in [1.82, 2.24) is 10.2 Å². The van der Waals surface area contributed by atoms with Crippen molar-refractivity contribution in [3.05, 3.63) is 27.7 Å². The molecule has 0 radical (unpaired) electrons. The third-order valence-electron chi connectivity index (χ3n) is 3.14. The molecule has 2 N–H and O–H groups in total. The number of alkyl halides is 1. The van der Waals surface area contributed by atoms with E-state index in [1.165, 1.54) is 12.1 Å². The van der Waals surface area contributed by atoms with Gasteiger partial charge in [-0.3, -0.25) is 4.90 Å². The van der Waals surface area contributed by atoms with E-state index in [0.29, 0.717) is 15.6 Å². The topological polar surface area (TPSA) is 35.5 Å². The van der Waals surface area contributed by atoms with Gasteiger partial charge in [0.15, 0.2) is 0 Å².